The number of unbranched alkanes of at least 4 members (excludes halogenated alkanes) is 2. The van der Waals surface area contributed by atoms with Crippen LogP contribution in [-0.2, 0) is 13.0 Å². The molecule has 0 aliphatic rings. The molecule has 0 saturated carbocycles. The van der Waals surface area contributed by atoms with Gasteiger partial charge in [-0.3, -0.25) is 4.79 Å². The highest BCUT2D eigenvalue weighted by molar-refractivity contribution is 6.04. The van der Waals surface area contributed by atoms with E-state index in [1.54, 1.807) is 18.2 Å². The van der Waals surface area contributed by atoms with Gasteiger partial charge in [0.05, 0.1) is 5.56 Å². The molecule has 0 aliphatic heterocycles. The number of aromatic nitrogens is 1. The van der Waals surface area contributed by atoms with Gasteiger partial charge in [0.2, 0.25) is 0 Å². The Balaban J connectivity index is 0.00000372. The highest BCUT2D eigenvalue weighted by atomic mass is 16.3. The van der Waals surface area contributed by atoms with E-state index in [0.717, 1.165) is 24.4 Å². The smallest absolute Gasteiger partial charge is 0.255 e. The van der Waals surface area contributed by atoms with E-state index in [1.165, 1.54) is 98.0 Å². The van der Waals surface area contributed by atoms with E-state index in [2.05, 4.69) is 74.2 Å². The van der Waals surface area contributed by atoms with E-state index in [1.807, 2.05) is 51.1 Å². The SMILES string of the molecule is C=C/C=C(\C=C/C)c1c(O)cc(NC(=O)c2ccc(Cc3ccc4c(c3)c(C)c(C)n4CCCCCN(CCC)CCC(C)CC)cc2)cc1O.CC. The first kappa shape index (κ1) is 42.9. The average molecular weight is 720 g/mol. The molecule has 4 aromatic rings. The molecule has 3 aromatic carbocycles. The zero-order chi connectivity index (χ0) is 38.9. The summed E-state index contributed by atoms with van der Waals surface area (Å²) in [5.41, 5.74) is 8.04. The van der Waals surface area contributed by atoms with Gasteiger partial charge in [0, 0.05) is 46.5 Å². The number of benzene rings is 3. The number of amides is 1. The van der Waals surface area contributed by atoms with Crippen LogP contribution < -0.4 is 5.32 Å². The highest BCUT2D eigenvalue weighted by Crippen LogP contribution is 2.37. The van der Waals surface area contributed by atoms with Gasteiger partial charge in [-0.1, -0.05) is 96.5 Å². The van der Waals surface area contributed by atoms with E-state index in [9.17, 15) is 15.0 Å². The van der Waals surface area contributed by atoms with Crippen molar-refractivity contribution in [3.05, 3.63) is 119 Å². The minimum Gasteiger partial charge on any atom is -0.507 e. The minimum absolute atomic E-state index is 0.137. The second kappa shape index (κ2) is 21.9. The number of aryl methyl sites for hydroxylation is 2. The van der Waals surface area contributed by atoms with Gasteiger partial charge in [0.15, 0.2) is 0 Å². The fourth-order valence-corrected chi connectivity index (χ4v) is 6.86. The quantitative estimate of drug-likeness (QED) is 0.0666. The number of anilines is 1. The van der Waals surface area contributed by atoms with Gasteiger partial charge >= 0.3 is 0 Å². The van der Waals surface area contributed by atoms with Crippen LogP contribution in [0.2, 0.25) is 0 Å². The summed E-state index contributed by atoms with van der Waals surface area (Å²) >= 11 is 0. The van der Waals surface area contributed by atoms with Crippen LogP contribution in [0.25, 0.3) is 16.5 Å². The number of rotatable bonds is 19. The molecule has 6 nitrogen and oxygen atoms in total. The number of fused-ring (bicyclic) bond motifs is 1. The molecule has 1 aromatic heterocycles. The van der Waals surface area contributed by atoms with Crippen LogP contribution >= 0.6 is 0 Å². The maximum atomic E-state index is 13.1. The summed E-state index contributed by atoms with van der Waals surface area (Å²) in [6, 6.07) is 17.3. The van der Waals surface area contributed by atoms with Crippen molar-refractivity contribution in [2.45, 2.75) is 107 Å². The van der Waals surface area contributed by atoms with Gasteiger partial charge in [-0.15, -0.1) is 0 Å². The largest absolute Gasteiger partial charge is 0.507 e. The predicted molar refractivity (Wildman–Crippen MR) is 227 cm³/mol. The molecular weight excluding hydrogens is 655 g/mol. The van der Waals surface area contributed by atoms with Gasteiger partial charge in [-0.25, -0.2) is 0 Å². The lowest BCUT2D eigenvalue weighted by atomic mass is 10.0. The number of nitrogens with one attached hydrogen (secondary N) is 1. The zero-order valence-corrected chi connectivity index (χ0v) is 33.8. The second-order valence-corrected chi connectivity index (χ2v) is 14.0. The zero-order valence-electron chi connectivity index (χ0n) is 33.8. The highest BCUT2D eigenvalue weighted by Gasteiger charge is 2.16. The first-order valence-electron chi connectivity index (χ1n) is 19.8. The summed E-state index contributed by atoms with van der Waals surface area (Å²) in [7, 11) is 0. The molecule has 1 atom stereocenters. The van der Waals surface area contributed by atoms with Crippen LogP contribution in [0.5, 0.6) is 11.5 Å². The predicted octanol–water partition coefficient (Wildman–Crippen LogP) is 12.0. The number of carbonyl (C=O) groups is 1. The van der Waals surface area contributed by atoms with Crippen molar-refractivity contribution >= 4 is 28.1 Å². The van der Waals surface area contributed by atoms with Crippen LogP contribution in [0.1, 0.15) is 118 Å². The Labute approximate surface area is 319 Å². The van der Waals surface area contributed by atoms with Gasteiger partial charge < -0.3 is 25.0 Å². The van der Waals surface area contributed by atoms with Crippen molar-refractivity contribution in [3.63, 3.8) is 0 Å². The van der Waals surface area contributed by atoms with Gasteiger partial charge in [-0.2, -0.15) is 0 Å². The lowest BCUT2D eigenvalue weighted by Gasteiger charge is -2.23. The number of phenolic OH excluding ortho intramolecular Hbond substituents is 2. The molecule has 1 amide bonds. The molecule has 0 aliphatic carbocycles. The van der Waals surface area contributed by atoms with Crippen LogP contribution in [0, 0.1) is 19.8 Å². The van der Waals surface area contributed by atoms with Gasteiger partial charge in [0.25, 0.3) is 5.91 Å². The third kappa shape index (κ3) is 12.0. The first-order valence-corrected chi connectivity index (χ1v) is 19.8. The Kier molecular flexibility index (Phi) is 17.7. The summed E-state index contributed by atoms with van der Waals surface area (Å²) in [5.74, 6) is 0.214. The van der Waals surface area contributed by atoms with Crippen molar-refractivity contribution < 1.29 is 15.0 Å². The summed E-state index contributed by atoms with van der Waals surface area (Å²) in [6.07, 6.45) is 15.1. The number of phenols is 2. The van der Waals surface area contributed by atoms with Crippen LogP contribution in [-0.4, -0.2) is 45.2 Å². The summed E-state index contributed by atoms with van der Waals surface area (Å²) in [6.45, 7) is 25.7. The molecule has 0 bridgehead atoms. The normalized spacial score (nSPS) is 12.3. The Hall–Kier alpha value is -4.55. The molecule has 0 spiro atoms. The average Bonchev–Trinajstić information content (AvgIpc) is 3.38. The van der Waals surface area contributed by atoms with E-state index < -0.39 is 0 Å². The number of aromatic hydroxyl groups is 2. The van der Waals surface area contributed by atoms with Crippen LogP contribution in [0.3, 0.4) is 0 Å². The Morgan fingerprint density at radius 1 is 0.925 bits per heavy atom. The van der Waals surface area contributed by atoms with E-state index in [4.69, 9.17) is 0 Å². The fraction of sp³-hybridized carbons (Fsp3) is 0.426. The van der Waals surface area contributed by atoms with Crippen molar-refractivity contribution in [1.29, 1.82) is 0 Å². The van der Waals surface area contributed by atoms with Gasteiger partial charge in [0.1, 0.15) is 11.5 Å². The lowest BCUT2D eigenvalue weighted by molar-refractivity contribution is 0.102. The molecule has 286 valence electrons. The lowest BCUT2D eigenvalue weighted by Crippen LogP contribution is -2.28. The molecule has 53 heavy (non-hydrogen) atoms. The van der Waals surface area contributed by atoms with E-state index >= 15 is 0 Å². The number of hydrogen-bond donors (Lipinski definition) is 3. The van der Waals surface area contributed by atoms with Crippen molar-refractivity contribution in [3.8, 4) is 11.5 Å². The molecule has 3 N–H and O–H groups in total. The third-order valence-corrected chi connectivity index (χ3v) is 10.1. The number of allylic oxidation sites excluding steroid dienone is 5. The number of carbonyl (C=O) groups excluding carboxylic acids is 1. The molecule has 1 unspecified atom stereocenters. The van der Waals surface area contributed by atoms with Gasteiger partial charge in [-0.05, 0) is 125 Å². The topological polar surface area (TPSA) is 77.7 Å². The summed E-state index contributed by atoms with van der Waals surface area (Å²) in [4.78, 5) is 15.7. The monoisotopic (exact) mass is 720 g/mol. The Bertz CT molecular complexity index is 1810. The summed E-state index contributed by atoms with van der Waals surface area (Å²) in [5, 5.41) is 25.4. The van der Waals surface area contributed by atoms with Crippen molar-refractivity contribution in [1.82, 2.24) is 9.47 Å². The maximum absolute atomic E-state index is 13.1. The molecule has 1 heterocycles. The standard InChI is InChI=1S/C45H59N3O3.C2H6/c1-8-15-37(16-9-2)44-42(49)30-39(31-43(44)50)46-45(51)38-20-17-35(18-21-38)28-36-19-22-41-40(29-36)33(6)34(7)48(41)26-14-12-13-25-47(24-10-3)27-23-32(5)11-4;1-2/h8-9,15-22,29-32,49-50H,1,10-14,23-28H2,2-7H3,(H,46,51);1-2H3/b16-9-,37-15+;. The molecule has 0 radical (unpaired) electrons. The Morgan fingerprint density at radius 2 is 1.60 bits per heavy atom. The second-order valence-electron chi connectivity index (χ2n) is 14.0. The number of hydrogen-bond acceptors (Lipinski definition) is 4. The van der Waals surface area contributed by atoms with Crippen molar-refractivity contribution in [2.24, 2.45) is 5.92 Å². The summed E-state index contributed by atoms with van der Waals surface area (Å²) < 4.78 is 2.50. The first-order chi connectivity index (χ1) is 25.6. The fourth-order valence-electron chi connectivity index (χ4n) is 6.86. The molecule has 0 saturated heterocycles. The third-order valence-electron chi connectivity index (χ3n) is 10.1. The number of nitrogens with zero attached hydrogens (tertiary/aromatic N) is 2. The molecular formula is C47H65N3O3. The van der Waals surface area contributed by atoms with Crippen LogP contribution in [0.15, 0.2) is 85.5 Å². The minimum atomic E-state index is -0.322. The Morgan fingerprint density at radius 3 is 2.23 bits per heavy atom. The molecule has 4 rings (SSSR count). The molecule has 0 fully saturated rings. The van der Waals surface area contributed by atoms with E-state index in [0.29, 0.717) is 16.8 Å². The van der Waals surface area contributed by atoms with Crippen molar-refractivity contribution in [2.75, 3.05) is 25.0 Å². The maximum Gasteiger partial charge on any atom is 0.255 e. The molecule has 6 heteroatoms. The van der Waals surface area contributed by atoms with Crippen LogP contribution in [0.4, 0.5) is 5.69 Å². The van der Waals surface area contributed by atoms with E-state index in [-0.39, 0.29) is 23.0 Å².